The van der Waals surface area contributed by atoms with Crippen molar-refractivity contribution in [2.75, 3.05) is 13.1 Å². The molecule has 1 heterocycles. The summed E-state index contributed by atoms with van der Waals surface area (Å²) >= 11 is 3.42. The van der Waals surface area contributed by atoms with Crippen LogP contribution >= 0.6 is 15.9 Å². The highest BCUT2D eigenvalue weighted by molar-refractivity contribution is 9.10. The van der Waals surface area contributed by atoms with Gasteiger partial charge in [0, 0.05) is 10.9 Å². The Kier molecular flexibility index (Phi) is 4.80. The van der Waals surface area contributed by atoms with Crippen LogP contribution in [0.3, 0.4) is 0 Å². The van der Waals surface area contributed by atoms with Gasteiger partial charge >= 0.3 is 0 Å². The maximum absolute atomic E-state index is 12.6. The van der Waals surface area contributed by atoms with E-state index in [0.717, 1.165) is 23.1 Å². The zero-order valence-corrected chi connectivity index (χ0v) is 13.4. The van der Waals surface area contributed by atoms with E-state index in [1.165, 1.54) is 19.3 Å². The van der Waals surface area contributed by atoms with Crippen molar-refractivity contribution in [1.29, 1.82) is 0 Å². The summed E-state index contributed by atoms with van der Waals surface area (Å²) in [5, 5.41) is 0. The lowest BCUT2D eigenvalue weighted by atomic mass is 9.90. The smallest absolute Gasteiger partial charge is 0.156 e. The van der Waals surface area contributed by atoms with E-state index in [9.17, 15) is 4.79 Å². The zero-order chi connectivity index (χ0) is 13.9. The maximum atomic E-state index is 12.6. The first kappa shape index (κ1) is 14.7. The number of hydrogen-bond donors (Lipinski definition) is 0. The molecule has 2 nitrogen and oxygen atoms in total. The fraction of sp³-hybridized carbons (Fsp3) is 0.562. The molecule has 104 valence electrons. The summed E-state index contributed by atoms with van der Waals surface area (Å²) in [6.45, 7) is 6.25. The van der Waals surface area contributed by atoms with E-state index in [2.05, 4.69) is 34.7 Å². The number of likely N-dealkylation sites (tertiary alicyclic amines) is 1. The third kappa shape index (κ3) is 3.67. The van der Waals surface area contributed by atoms with Crippen LogP contribution in [-0.4, -0.2) is 29.3 Å². The third-order valence-electron chi connectivity index (χ3n) is 4.11. The number of piperidine rings is 1. The van der Waals surface area contributed by atoms with Crippen molar-refractivity contribution >= 4 is 21.7 Å². The van der Waals surface area contributed by atoms with Gasteiger partial charge < -0.3 is 0 Å². The monoisotopic (exact) mass is 323 g/mol. The van der Waals surface area contributed by atoms with Gasteiger partial charge in [0.2, 0.25) is 0 Å². The Balaban J connectivity index is 2.03. The highest BCUT2D eigenvalue weighted by atomic mass is 79.9. The molecule has 0 aliphatic carbocycles. The van der Waals surface area contributed by atoms with E-state index in [0.29, 0.717) is 12.2 Å². The van der Waals surface area contributed by atoms with Crippen LogP contribution in [0.25, 0.3) is 0 Å². The molecular formula is C16H22BrNO. The average Bonchev–Trinajstić information content (AvgIpc) is 2.42. The molecule has 1 aromatic rings. The van der Waals surface area contributed by atoms with Gasteiger partial charge in [-0.25, -0.2) is 0 Å². The number of rotatable bonds is 4. The van der Waals surface area contributed by atoms with E-state index in [4.69, 9.17) is 0 Å². The molecule has 0 amide bonds. The summed E-state index contributed by atoms with van der Waals surface area (Å²) in [4.78, 5) is 14.9. The lowest BCUT2D eigenvalue weighted by Gasteiger charge is -2.39. The molecule has 0 N–H and O–H groups in total. The van der Waals surface area contributed by atoms with Crippen LogP contribution in [0.5, 0.6) is 0 Å². The van der Waals surface area contributed by atoms with Gasteiger partial charge in [-0.3, -0.25) is 9.69 Å². The van der Waals surface area contributed by atoms with Gasteiger partial charge in [-0.05, 0) is 57.5 Å². The van der Waals surface area contributed by atoms with Crippen LogP contribution < -0.4 is 0 Å². The molecule has 1 aliphatic rings. The van der Waals surface area contributed by atoms with E-state index < -0.39 is 0 Å². The highest BCUT2D eigenvalue weighted by Crippen LogP contribution is 2.23. The van der Waals surface area contributed by atoms with Crippen molar-refractivity contribution in [1.82, 2.24) is 4.90 Å². The van der Waals surface area contributed by atoms with Crippen LogP contribution in [0, 0.1) is 0 Å². The molecule has 1 aromatic carbocycles. The first-order valence-corrected chi connectivity index (χ1v) is 7.82. The molecule has 1 fully saturated rings. The minimum Gasteiger partial charge on any atom is -0.297 e. The van der Waals surface area contributed by atoms with Crippen molar-refractivity contribution in [3.05, 3.63) is 34.3 Å². The lowest BCUT2D eigenvalue weighted by molar-refractivity contribution is -0.129. The van der Waals surface area contributed by atoms with Crippen molar-refractivity contribution < 1.29 is 4.79 Å². The summed E-state index contributed by atoms with van der Waals surface area (Å²) in [6, 6.07) is 8.04. The van der Waals surface area contributed by atoms with Gasteiger partial charge in [-0.1, -0.05) is 34.5 Å². The summed E-state index contributed by atoms with van der Waals surface area (Å²) in [7, 11) is 0. The summed E-state index contributed by atoms with van der Waals surface area (Å²) in [5.74, 6) is 0.316. The largest absolute Gasteiger partial charge is 0.297 e. The van der Waals surface area contributed by atoms with Gasteiger partial charge in [-0.15, -0.1) is 0 Å². The first-order valence-electron chi connectivity index (χ1n) is 7.03. The van der Waals surface area contributed by atoms with E-state index >= 15 is 0 Å². The van der Waals surface area contributed by atoms with Crippen molar-refractivity contribution in [3.63, 3.8) is 0 Å². The van der Waals surface area contributed by atoms with Crippen molar-refractivity contribution in [3.8, 4) is 0 Å². The number of nitrogens with zero attached hydrogens (tertiary/aromatic N) is 1. The summed E-state index contributed by atoms with van der Waals surface area (Å²) in [6.07, 6.45) is 4.26. The molecule has 0 bridgehead atoms. The van der Waals surface area contributed by atoms with Gasteiger partial charge in [0.25, 0.3) is 0 Å². The lowest BCUT2D eigenvalue weighted by Crippen LogP contribution is -2.52. The van der Waals surface area contributed by atoms with Crippen LogP contribution in [-0.2, 0) is 11.2 Å². The first-order chi connectivity index (χ1) is 9.00. The van der Waals surface area contributed by atoms with Crippen LogP contribution in [0.4, 0.5) is 0 Å². The fourth-order valence-corrected chi connectivity index (χ4v) is 2.90. The number of benzene rings is 1. The van der Waals surface area contributed by atoms with Gasteiger partial charge in [-0.2, -0.15) is 0 Å². The minimum atomic E-state index is -0.340. The third-order valence-corrected chi connectivity index (χ3v) is 4.64. The summed E-state index contributed by atoms with van der Waals surface area (Å²) in [5.41, 5.74) is 0.756. The Morgan fingerprint density at radius 1 is 1.16 bits per heavy atom. The number of hydrogen-bond acceptors (Lipinski definition) is 2. The molecule has 2 rings (SSSR count). The second-order valence-corrected chi connectivity index (χ2v) is 6.75. The van der Waals surface area contributed by atoms with E-state index in [1.54, 1.807) is 0 Å². The fourth-order valence-electron chi connectivity index (χ4n) is 2.63. The molecule has 0 radical (unpaired) electrons. The number of Topliss-reactive ketones (excluding diaryl/α,β-unsaturated/α-hetero) is 1. The molecule has 3 heteroatoms. The average molecular weight is 324 g/mol. The molecule has 0 atom stereocenters. The normalized spacial score (nSPS) is 17.4. The maximum Gasteiger partial charge on any atom is 0.156 e. The molecule has 1 saturated heterocycles. The second-order valence-electron chi connectivity index (χ2n) is 5.83. The molecule has 0 saturated carbocycles. The van der Waals surface area contributed by atoms with Crippen molar-refractivity contribution in [2.24, 2.45) is 0 Å². The SMILES string of the molecule is CC(C)(C(=O)Cc1ccc(Br)cc1)N1CCCCC1. The Bertz CT molecular complexity index is 433. The van der Waals surface area contributed by atoms with E-state index in [-0.39, 0.29) is 5.54 Å². The Hall–Kier alpha value is -0.670. The molecule has 0 unspecified atom stereocenters. The second kappa shape index (κ2) is 6.19. The van der Waals surface area contributed by atoms with Gasteiger partial charge in [0.1, 0.15) is 0 Å². The molecule has 0 aromatic heterocycles. The summed E-state index contributed by atoms with van der Waals surface area (Å²) < 4.78 is 1.05. The Labute approximate surface area is 124 Å². The van der Waals surface area contributed by atoms with Gasteiger partial charge in [0.05, 0.1) is 5.54 Å². The number of carbonyl (C=O) groups excluding carboxylic acids is 1. The zero-order valence-electron chi connectivity index (χ0n) is 11.8. The van der Waals surface area contributed by atoms with Gasteiger partial charge in [0.15, 0.2) is 5.78 Å². The van der Waals surface area contributed by atoms with Crippen LogP contribution in [0.1, 0.15) is 38.7 Å². The Morgan fingerprint density at radius 2 is 1.74 bits per heavy atom. The quantitative estimate of drug-likeness (QED) is 0.839. The van der Waals surface area contributed by atoms with E-state index in [1.807, 2.05) is 24.3 Å². The molecular weight excluding hydrogens is 302 g/mol. The van der Waals surface area contributed by atoms with Crippen LogP contribution in [0.15, 0.2) is 28.7 Å². The topological polar surface area (TPSA) is 20.3 Å². The number of halogens is 1. The predicted octanol–water partition coefficient (Wildman–Crippen LogP) is 3.83. The van der Waals surface area contributed by atoms with Crippen molar-refractivity contribution in [2.45, 2.75) is 45.1 Å². The van der Waals surface area contributed by atoms with Crippen LogP contribution in [0.2, 0.25) is 0 Å². The standard InChI is InChI=1S/C16H22BrNO/c1-16(2,18-10-4-3-5-11-18)15(19)12-13-6-8-14(17)9-7-13/h6-9H,3-5,10-12H2,1-2H3. The minimum absolute atomic E-state index is 0.316. The number of ketones is 1. The molecule has 0 spiro atoms. The molecule has 19 heavy (non-hydrogen) atoms. The highest BCUT2D eigenvalue weighted by Gasteiger charge is 2.34. The predicted molar refractivity (Wildman–Crippen MR) is 82.4 cm³/mol. The molecule has 1 aliphatic heterocycles. The number of carbonyl (C=O) groups is 1. The Morgan fingerprint density at radius 3 is 2.32 bits per heavy atom.